The summed E-state index contributed by atoms with van der Waals surface area (Å²) in [6.07, 6.45) is -2.03. The maximum absolute atomic E-state index is 13.3. The van der Waals surface area contributed by atoms with Gasteiger partial charge in [0.2, 0.25) is 0 Å². The lowest BCUT2D eigenvalue weighted by Gasteiger charge is -2.20. The molecule has 1 saturated heterocycles. The Morgan fingerprint density at radius 2 is 2.12 bits per heavy atom. The Kier molecular flexibility index (Phi) is 5.06. The zero-order valence-corrected chi connectivity index (χ0v) is 15.4. The number of benzene rings is 1. The van der Waals surface area contributed by atoms with Gasteiger partial charge in [-0.05, 0) is 44.9 Å². The van der Waals surface area contributed by atoms with Crippen molar-refractivity contribution in [2.75, 3.05) is 18.9 Å². The second-order valence-corrected chi connectivity index (χ2v) is 7.61. The number of alkyl halides is 3. The minimum absolute atomic E-state index is 0.232. The quantitative estimate of drug-likeness (QED) is 0.806. The molecule has 2 aromatic rings. The monoisotopic (exact) mass is 369 g/mol. The molecule has 1 fully saturated rings. The molecule has 0 radical (unpaired) electrons. The average Bonchev–Trinajstić information content (AvgIpc) is 3.14. The SMILES string of the molecule is CNc1nc(-c2ccc(C)c(C(F)(F)F)c2)c(CN2CCCC2C)s1. The minimum Gasteiger partial charge on any atom is -0.365 e. The third-order valence-electron chi connectivity index (χ3n) is 4.76. The topological polar surface area (TPSA) is 28.2 Å². The van der Waals surface area contributed by atoms with Crippen LogP contribution in [0.1, 0.15) is 35.8 Å². The summed E-state index contributed by atoms with van der Waals surface area (Å²) in [5.41, 5.74) is 0.816. The van der Waals surface area contributed by atoms with Gasteiger partial charge >= 0.3 is 6.18 Å². The van der Waals surface area contributed by atoms with Crippen molar-refractivity contribution in [2.45, 2.75) is 45.5 Å². The van der Waals surface area contributed by atoms with Gasteiger partial charge in [-0.15, -0.1) is 11.3 Å². The van der Waals surface area contributed by atoms with Crippen LogP contribution in [0.5, 0.6) is 0 Å². The van der Waals surface area contributed by atoms with Gasteiger partial charge in [0.05, 0.1) is 11.3 Å². The Bertz CT molecular complexity index is 755. The number of nitrogens with zero attached hydrogens (tertiary/aromatic N) is 2. The van der Waals surface area contributed by atoms with Gasteiger partial charge in [0.1, 0.15) is 0 Å². The number of halogens is 3. The Hall–Kier alpha value is -1.60. The number of aromatic nitrogens is 1. The molecule has 136 valence electrons. The summed E-state index contributed by atoms with van der Waals surface area (Å²) >= 11 is 1.52. The van der Waals surface area contributed by atoms with Crippen LogP contribution in [0.2, 0.25) is 0 Å². The van der Waals surface area contributed by atoms with E-state index in [0.717, 1.165) is 35.9 Å². The maximum atomic E-state index is 13.3. The van der Waals surface area contributed by atoms with Crippen LogP contribution >= 0.6 is 11.3 Å². The van der Waals surface area contributed by atoms with E-state index in [1.165, 1.54) is 30.4 Å². The normalized spacial score (nSPS) is 18.7. The number of hydrogen-bond acceptors (Lipinski definition) is 4. The Balaban J connectivity index is 2.00. The molecule has 0 bridgehead atoms. The van der Waals surface area contributed by atoms with E-state index in [0.29, 0.717) is 17.3 Å². The summed E-state index contributed by atoms with van der Waals surface area (Å²) in [5, 5.41) is 3.74. The molecule has 1 atom stereocenters. The van der Waals surface area contributed by atoms with Crippen molar-refractivity contribution in [3.63, 3.8) is 0 Å². The van der Waals surface area contributed by atoms with Gasteiger partial charge in [0.25, 0.3) is 0 Å². The highest BCUT2D eigenvalue weighted by Crippen LogP contribution is 2.38. The first-order valence-corrected chi connectivity index (χ1v) is 9.21. The molecule has 0 amide bonds. The van der Waals surface area contributed by atoms with Crippen molar-refractivity contribution in [1.82, 2.24) is 9.88 Å². The third kappa shape index (κ3) is 3.82. The van der Waals surface area contributed by atoms with Crippen LogP contribution < -0.4 is 5.32 Å². The summed E-state index contributed by atoms with van der Waals surface area (Å²) in [4.78, 5) is 7.91. The number of aryl methyl sites for hydroxylation is 1. The van der Waals surface area contributed by atoms with Crippen LogP contribution in [0, 0.1) is 6.92 Å². The first-order valence-electron chi connectivity index (χ1n) is 8.39. The molecule has 1 aliphatic rings. The standard InChI is InChI=1S/C18H22F3N3S/c1-11-6-7-13(9-14(11)18(19,20)21)16-15(25-17(22-3)23-16)10-24-8-4-5-12(24)2/h6-7,9,12H,4-5,8,10H2,1-3H3,(H,22,23). The summed E-state index contributed by atoms with van der Waals surface area (Å²) in [5.74, 6) is 0. The van der Waals surface area contributed by atoms with E-state index in [-0.39, 0.29) is 5.56 Å². The molecular formula is C18H22F3N3S. The molecule has 3 rings (SSSR count). The Morgan fingerprint density at radius 1 is 1.36 bits per heavy atom. The van der Waals surface area contributed by atoms with Crippen molar-refractivity contribution in [2.24, 2.45) is 0 Å². The number of anilines is 1. The van der Waals surface area contributed by atoms with Crippen LogP contribution in [0.15, 0.2) is 18.2 Å². The summed E-state index contributed by atoms with van der Waals surface area (Å²) in [6, 6.07) is 4.98. The van der Waals surface area contributed by atoms with Crippen molar-refractivity contribution >= 4 is 16.5 Å². The van der Waals surface area contributed by atoms with E-state index < -0.39 is 11.7 Å². The third-order valence-corrected chi connectivity index (χ3v) is 5.82. The number of rotatable bonds is 4. The van der Waals surface area contributed by atoms with Gasteiger partial charge in [0.15, 0.2) is 5.13 Å². The van der Waals surface area contributed by atoms with Gasteiger partial charge in [-0.3, -0.25) is 4.90 Å². The molecule has 25 heavy (non-hydrogen) atoms. The minimum atomic E-state index is -4.36. The molecule has 0 spiro atoms. The fourth-order valence-electron chi connectivity index (χ4n) is 3.28. The highest BCUT2D eigenvalue weighted by molar-refractivity contribution is 7.16. The van der Waals surface area contributed by atoms with Crippen molar-refractivity contribution in [3.05, 3.63) is 34.2 Å². The lowest BCUT2D eigenvalue weighted by Crippen LogP contribution is -2.25. The molecule has 1 aromatic carbocycles. The van der Waals surface area contributed by atoms with Gasteiger partial charge in [-0.2, -0.15) is 13.2 Å². The van der Waals surface area contributed by atoms with E-state index in [4.69, 9.17) is 0 Å². The number of thiazole rings is 1. The molecule has 1 N–H and O–H groups in total. The number of hydrogen-bond donors (Lipinski definition) is 1. The van der Waals surface area contributed by atoms with E-state index in [2.05, 4.69) is 22.1 Å². The van der Waals surface area contributed by atoms with Gasteiger partial charge < -0.3 is 5.32 Å². The fraction of sp³-hybridized carbons (Fsp3) is 0.500. The van der Waals surface area contributed by atoms with E-state index in [1.807, 2.05) is 0 Å². The predicted molar refractivity (Wildman–Crippen MR) is 95.9 cm³/mol. The van der Waals surface area contributed by atoms with Gasteiger partial charge in [0, 0.05) is 30.1 Å². The molecule has 0 saturated carbocycles. The fourth-order valence-corrected chi connectivity index (χ4v) is 4.24. The Morgan fingerprint density at radius 3 is 2.72 bits per heavy atom. The highest BCUT2D eigenvalue weighted by Gasteiger charge is 2.33. The van der Waals surface area contributed by atoms with E-state index in [1.54, 1.807) is 13.1 Å². The second kappa shape index (κ2) is 6.96. The molecule has 1 unspecified atom stereocenters. The average molecular weight is 369 g/mol. The van der Waals surface area contributed by atoms with Gasteiger partial charge in [-0.1, -0.05) is 12.1 Å². The summed E-state index contributed by atoms with van der Waals surface area (Å²) < 4.78 is 39.8. The van der Waals surface area contributed by atoms with E-state index in [9.17, 15) is 13.2 Å². The lowest BCUT2D eigenvalue weighted by atomic mass is 10.0. The van der Waals surface area contributed by atoms with Crippen molar-refractivity contribution < 1.29 is 13.2 Å². The van der Waals surface area contributed by atoms with Crippen LogP contribution in [0.25, 0.3) is 11.3 Å². The first-order chi connectivity index (χ1) is 11.8. The smallest absolute Gasteiger partial charge is 0.365 e. The summed E-state index contributed by atoms with van der Waals surface area (Å²) in [6.45, 7) is 5.43. The molecule has 1 aromatic heterocycles. The zero-order chi connectivity index (χ0) is 18.2. The van der Waals surface area contributed by atoms with Crippen molar-refractivity contribution in [3.8, 4) is 11.3 Å². The summed E-state index contributed by atoms with van der Waals surface area (Å²) in [7, 11) is 1.78. The molecule has 0 aliphatic carbocycles. The highest BCUT2D eigenvalue weighted by atomic mass is 32.1. The largest absolute Gasteiger partial charge is 0.416 e. The molecule has 7 heteroatoms. The zero-order valence-electron chi connectivity index (χ0n) is 14.6. The van der Waals surface area contributed by atoms with Crippen LogP contribution in [0.3, 0.4) is 0 Å². The van der Waals surface area contributed by atoms with Crippen LogP contribution in [0.4, 0.5) is 18.3 Å². The first kappa shape index (κ1) is 18.2. The lowest BCUT2D eigenvalue weighted by molar-refractivity contribution is -0.138. The van der Waals surface area contributed by atoms with Crippen LogP contribution in [-0.4, -0.2) is 29.5 Å². The maximum Gasteiger partial charge on any atom is 0.416 e. The van der Waals surface area contributed by atoms with E-state index >= 15 is 0 Å². The predicted octanol–water partition coefficient (Wildman–Crippen LogP) is 5.16. The number of nitrogens with one attached hydrogen (secondary N) is 1. The van der Waals surface area contributed by atoms with Crippen LogP contribution in [-0.2, 0) is 12.7 Å². The van der Waals surface area contributed by atoms with Gasteiger partial charge in [-0.25, -0.2) is 4.98 Å². The molecule has 1 aliphatic heterocycles. The molecule has 3 nitrogen and oxygen atoms in total. The Labute approximate surface area is 149 Å². The number of likely N-dealkylation sites (tertiary alicyclic amines) is 1. The second-order valence-electron chi connectivity index (χ2n) is 6.53. The van der Waals surface area contributed by atoms with Crippen molar-refractivity contribution in [1.29, 1.82) is 0 Å². The molecular weight excluding hydrogens is 347 g/mol. The molecule has 2 heterocycles.